The highest BCUT2D eigenvalue weighted by atomic mass is 16.6. The molecule has 2 saturated carbocycles. The summed E-state index contributed by atoms with van der Waals surface area (Å²) in [6.07, 6.45) is 6.71. The minimum absolute atomic E-state index is 0.111. The molecule has 0 saturated heterocycles. The van der Waals surface area contributed by atoms with E-state index in [4.69, 9.17) is 9.47 Å². The van der Waals surface area contributed by atoms with Crippen molar-refractivity contribution in [3.8, 4) is 0 Å². The fourth-order valence-corrected chi connectivity index (χ4v) is 9.98. The molecule has 0 aromatic carbocycles. The predicted molar refractivity (Wildman–Crippen MR) is 156 cm³/mol. The van der Waals surface area contributed by atoms with Crippen LogP contribution >= 0.6 is 0 Å². The molecule has 7 heteroatoms. The summed E-state index contributed by atoms with van der Waals surface area (Å²) in [5.74, 6) is -0.887. The minimum atomic E-state index is -0.902. The van der Waals surface area contributed by atoms with Crippen LogP contribution in [0.5, 0.6) is 0 Å². The fraction of sp³-hybridized carbons (Fsp3) is 0.765. The third-order valence-electron chi connectivity index (χ3n) is 12.3. The molecule has 7 nitrogen and oxygen atoms in total. The zero-order chi connectivity index (χ0) is 30.7. The number of hydrogen-bond acceptors (Lipinski definition) is 6. The van der Waals surface area contributed by atoms with E-state index in [0.717, 1.165) is 37.7 Å². The zero-order valence-corrected chi connectivity index (χ0v) is 26.5. The number of carbonyl (C=O) groups excluding carboxylic acids is 3. The summed E-state index contributed by atoms with van der Waals surface area (Å²) in [6.45, 7) is 17.6. The summed E-state index contributed by atoms with van der Waals surface area (Å²) in [6, 6.07) is 0. The maximum Gasteiger partial charge on any atom is 0.330 e. The molecule has 0 heterocycles. The molecule has 4 aliphatic carbocycles. The molecule has 0 amide bonds. The van der Waals surface area contributed by atoms with Gasteiger partial charge in [-0.1, -0.05) is 53.2 Å². The minimum Gasteiger partial charge on any atom is -0.478 e. The number of carbonyl (C=O) groups is 4. The Bertz CT molecular complexity index is 1190. The maximum absolute atomic E-state index is 13.1. The number of ether oxygens (including phenoxy) is 2. The molecule has 4 aliphatic rings. The van der Waals surface area contributed by atoms with Crippen molar-refractivity contribution in [2.75, 3.05) is 0 Å². The van der Waals surface area contributed by atoms with Crippen molar-refractivity contribution in [2.45, 2.75) is 126 Å². The Hall–Kier alpha value is -2.44. The number of allylic oxidation sites excluding steroid dienone is 2. The Labute approximate surface area is 245 Å². The largest absolute Gasteiger partial charge is 0.478 e. The summed E-state index contributed by atoms with van der Waals surface area (Å²) in [5.41, 5.74) is 1.18. The Balaban J connectivity index is 1.87. The smallest absolute Gasteiger partial charge is 0.330 e. The molecule has 0 aromatic heterocycles. The van der Waals surface area contributed by atoms with Gasteiger partial charge in [-0.3, -0.25) is 14.4 Å². The first-order valence-corrected chi connectivity index (χ1v) is 15.4. The van der Waals surface area contributed by atoms with Gasteiger partial charge in [-0.2, -0.15) is 0 Å². The van der Waals surface area contributed by atoms with Crippen LogP contribution in [0.1, 0.15) is 114 Å². The highest BCUT2D eigenvalue weighted by molar-refractivity contribution is 5.86. The van der Waals surface area contributed by atoms with E-state index in [1.807, 2.05) is 0 Å². The lowest BCUT2D eigenvalue weighted by atomic mass is 9.42. The lowest BCUT2D eigenvalue weighted by Gasteiger charge is -2.63. The summed E-state index contributed by atoms with van der Waals surface area (Å²) in [7, 11) is 0. The molecule has 8 atom stereocenters. The molecule has 0 bridgehead atoms. The number of rotatable bonds is 7. The maximum atomic E-state index is 13.1. The summed E-state index contributed by atoms with van der Waals surface area (Å²) >= 11 is 0. The Morgan fingerprint density at radius 1 is 0.976 bits per heavy atom. The van der Waals surface area contributed by atoms with Crippen LogP contribution in [0.15, 0.2) is 22.8 Å². The van der Waals surface area contributed by atoms with E-state index in [1.165, 1.54) is 19.4 Å². The van der Waals surface area contributed by atoms with E-state index in [1.54, 1.807) is 13.0 Å². The molecule has 0 aliphatic heterocycles. The van der Waals surface area contributed by atoms with Gasteiger partial charge < -0.3 is 14.6 Å². The van der Waals surface area contributed by atoms with Crippen LogP contribution < -0.4 is 0 Å². The topological polar surface area (TPSA) is 107 Å². The molecule has 4 rings (SSSR count). The van der Waals surface area contributed by atoms with Crippen LogP contribution in [0.25, 0.3) is 0 Å². The summed E-state index contributed by atoms with van der Waals surface area (Å²) in [4.78, 5) is 49.9. The second-order valence-electron chi connectivity index (χ2n) is 14.6. The number of esters is 2. The van der Waals surface area contributed by atoms with Crippen molar-refractivity contribution in [3.63, 3.8) is 0 Å². The number of carboxylic acid groups (broad SMARTS) is 1. The molecule has 41 heavy (non-hydrogen) atoms. The highest BCUT2D eigenvalue weighted by Crippen LogP contribution is 2.73. The van der Waals surface area contributed by atoms with Gasteiger partial charge in [0.2, 0.25) is 0 Å². The first-order chi connectivity index (χ1) is 18.9. The van der Waals surface area contributed by atoms with Crippen LogP contribution in [0.2, 0.25) is 0 Å². The number of fused-ring (bicyclic) bond motifs is 4. The van der Waals surface area contributed by atoms with Crippen molar-refractivity contribution in [2.24, 2.45) is 39.4 Å². The van der Waals surface area contributed by atoms with Gasteiger partial charge in [0.15, 0.2) is 6.10 Å². The van der Waals surface area contributed by atoms with Crippen LogP contribution in [0, 0.1) is 39.4 Å². The zero-order valence-electron chi connectivity index (χ0n) is 26.5. The molecular formula is C34H50O7. The molecule has 2 fully saturated rings. The number of hydrogen-bond donors (Lipinski definition) is 1. The van der Waals surface area contributed by atoms with Crippen molar-refractivity contribution in [3.05, 3.63) is 22.8 Å². The number of carboxylic acids is 1. The van der Waals surface area contributed by atoms with Gasteiger partial charge >= 0.3 is 17.9 Å². The van der Waals surface area contributed by atoms with E-state index < -0.39 is 40.9 Å². The Morgan fingerprint density at radius 3 is 2.20 bits per heavy atom. The van der Waals surface area contributed by atoms with Crippen molar-refractivity contribution < 1.29 is 33.8 Å². The van der Waals surface area contributed by atoms with Gasteiger partial charge in [-0.15, -0.1) is 0 Å². The van der Waals surface area contributed by atoms with E-state index in [0.29, 0.717) is 30.6 Å². The normalized spacial score (nSPS) is 38.9. The van der Waals surface area contributed by atoms with Crippen LogP contribution in [0.3, 0.4) is 0 Å². The molecule has 0 radical (unpaired) electrons. The van der Waals surface area contributed by atoms with E-state index in [2.05, 4.69) is 41.5 Å². The van der Waals surface area contributed by atoms with Gasteiger partial charge in [0.05, 0.1) is 0 Å². The van der Waals surface area contributed by atoms with Gasteiger partial charge in [0.25, 0.3) is 0 Å². The lowest BCUT2D eigenvalue weighted by molar-refractivity contribution is -0.195. The lowest BCUT2D eigenvalue weighted by Crippen LogP contribution is -2.64. The molecule has 228 valence electrons. The Morgan fingerprint density at radius 2 is 1.61 bits per heavy atom. The summed E-state index contributed by atoms with van der Waals surface area (Å²) < 4.78 is 12.5. The van der Waals surface area contributed by atoms with E-state index in [9.17, 15) is 24.3 Å². The van der Waals surface area contributed by atoms with Crippen LogP contribution in [0.4, 0.5) is 0 Å². The fourth-order valence-electron chi connectivity index (χ4n) is 9.98. The van der Waals surface area contributed by atoms with Crippen LogP contribution in [-0.4, -0.2) is 41.0 Å². The summed E-state index contributed by atoms with van der Waals surface area (Å²) in [5, 5.41) is 9.29. The SMILES string of the molecule is CC(=O)O[C@@H]1C2=C(CC[C@@H]3C(C)(C)C(=O)CC[C@]23C)[C@]2(C)CC[C@H]([C@H](C)CC/C=C(/C)C(=O)O)[C@@]2(C)[C@@H]1OC(C)=O. The average Bonchev–Trinajstić information content (AvgIpc) is 3.15. The van der Waals surface area contributed by atoms with Crippen molar-refractivity contribution in [1.29, 1.82) is 0 Å². The number of ketones is 1. The molecular weight excluding hydrogens is 520 g/mol. The molecule has 0 spiro atoms. The third-order valence-corrected chi connectivity index (χ3v) is 12.3. The van der Waals surface area contributed by atoms with Crippen molar-refractivity contribution >= 4 is 23.7 Å². The van der Waals surface area contributed by atoms with E-state index in [-0.39, 0.29) is 28.6 Å². The average molecular weight is 571 g/mol. The quantitative estimate of drug-likeness (QED) is 0.203. The first kappa shape index (κ1) is 31.5. The van der Waals surface area contributed by atoms with Gasteiger partial charge in [0.1, 0.15) is 11.9 Å². The highest BCUT2D eigenvalue weighted by Gasteiger charge is 2.70. The van der Waals surface area contributed by atoms with E-state index >= 15 is 0 Å². The number of aliphatic carboxylic acids is 1. The number of Topliss-reactive ketones (excluding diaryl/α,β-unsaturated/α-hetero) is 1. The monoisotopic (exact) mass is 570 g/mol. The molecule has 1 N–H and O–H groups in total. The van der Waals surface area contributed by atoms with Crippen LogP contribution in [-0.2, 0) is 28.7 Å². The molecule has 0 unspecified atom stereocenters. The standard InChI is InChI=1S/C34H50O7/c1-19(11-10-12-20(2)30(38)39)23-15-18-33(8)24-13-14-25-31(5,6)26(37)16-17-32(25,7)27(24)28(40-21(3)35)29(34(23,33)9)41-22(4)36/h12,19,23,25,28-29H,10-11,13-18H2,1-9H3,(H,38,39)/b20-12-/t19-,23-,25-,28-,29-,32+,33+,34+/m1/s1. The first-order valence-electron chi connectivity index (χ1n) is 15.4. The molecule has 0 aromatic rings. The third kappa shape index (κ3) is 4.79. The van der Waals surface area contributed by atoms with Gasteiger partial charge in [-0.25, -0.2) is 4.79 Å². The second kappa shape index (κ2) is 10.7. The van der Waals surface area contributed by atoms with Gasteiger partial charge in [-0.05, 0) is 86.0 Å². The predicted octanol–water partition coefficient (Wildman–Crippen LogP) is 6.84. The second-order valence-corrected chi connectivity index (χ2v) is 14.6. The van der Waals surface area contributed by atoms with Crippen molar-refractivity contribution in [1.82, 2.24) is 0 Å². The van der Waals surface area contributed by atoms with Gasteiger partial charge in [0, 0.05) is 36.7 Å². The Kier molecular flexibility index (Phi) is 8.20.